The minimum Gasteiger partial charge on any atom is -0.326 e. The fourth-order valence-electron chi connectivity index (χ4n) is 3.34. The molecule has 0 aliphatic carbocycles. The summed E-state index contributed by atoms with van der Waals surface area (Å²) in [6.45, 7) is 1.90. The van der Waals surface area contributed by atoms with Crippen molar-refractivity contribution in [3.8, 4) is 11.3 Å². The predicted molar refractivity (Wildman–Crippen MR) is 114 cm³/mol. The van der Waals surface area contributed by atoms with Gasteiger partial charge in [-0.2, -0.15) is 0 Å². The molecule has 0 bridgehead atoms. The topological polar surface area (TPSA) is 46.4 Å². The van der Waals surface area contributed by atoms with Gasteiger partial charge in [0, 0.05) is 28.9 Å². The summed E-state index contributed by atoms with van der Waals surface area (Å²) in [7, 11) is 0. The lowest BCUT2D eigenvalue weighted by Crippen LogP contribution is -2.14. The molecule has 2 aromatic carbocycles. The molecule has 146 valence electrons. The molecular formula is C23H19ClFN3O. The van der Waals surface area contributed by atoms with Gasteiger partial charge in [0.1, 0.15) is 11.5 Å². The van der Waals surface area contributed by atoms with E-state index < -0.39 is 0 Å². The van der Waals surface area contributed by atoms with E-state index in [1.165, 1.54) is 12.1 Å². The summed E-state index contributed by atoms with van der Waals surface area (Å²) in [5, 5.41) is 3.57. The summed E-state index contributed by atoms with van der Waals surface area (Å²) < 4.78 is 15.3. The van der Waals surface area contributed by atoms with Gasteiger partial charge in [-0.1, -0.05) is 17.7 Å². The Bertz CT molecular complexity index is 1180. The minimum atomic E-state index is -0.295. The Morgan fingerprint density at radius 2 is 1.93 bits per heavy atom. The SMILES string of the molecule is Cc1cc(Cl)ccc1NC(=O)CCc1c(-c2ccc(F)cc2)nc2ccccn12. The van der Waals surface area contributed by atoms with Gasteiger partial charge in [-0.15, -0.1) is 0 Å². The van der Waals surface area contributed by atoms with Crippen molar-refractivity contribution < 1.29 is 9.18 Å². The second kappa shape index (κ2) is 8.05. The molecule has 0 radical (unpaired) electrons. The van der Waals surface area contributed by atoms with Crippen molar-refractivity contribution in [2.45, 2.75) is 19.8 Å². The number of halogens is 2. The summed E-state index contributed by atoms with van der Waals surface area (Å²) in [5.41, 5.74) is 4.93. The molecule has 1 N–H and O–H groups in total. The molecule has 2 aromatic heterocycles. The predicted octanol–water partition coefficient (Wildman–Crippen LogP) is 5.67. The number of fused-ring (bicyclic) bond motifs is 1. The number of pyridine rings is 1. The van der Waals surface area contributed by atoms with Crippen LogP contribution >= 0.6 is 11.6 Å². The monoisotopic (exact) mass is 407 g/mol. The number of carbonyl (C=O) groups is 1. The quantitative estimate of drug-likeness (QED) is 0.463. The van der Waals surface area contributed by atoms with Crippen LogP contribution in [0.2, 0.25) is 5.02 Å². The second-order valence-corrected chi connectivity index (χ2v) is 7.29. The van der Waals surface area contributed by atoms with Crippen LogP contribution in [0.5, 0.6) is 0 Å². The molecule has 4 nitrogen and oxygen atoms in total. The Morgan fingerprint density at radius 3 is 2.69 bits per heavy atom. The molecule has 0 atom stereocenters. The minimum absolute atomic E-state index is 0.0913. The van der Waals surface area contributed by atoms with E-state index in [2.05, 4.69) is 5.32 Å². The van der Waals surface area contributed by atoms with Crippen molar-refractivity contribution in [2.75, 3.05) is 5.32 Å². The first-order valence-electron chi connectivity index (χ1n) is 9.29. The first kappa shape index (κ1) is 19.2. The van der Waals surface area contributed by atoms with E-state index in [4.69, 9.17) is 16.6 Å². The van der Waals surface area contributed by atoms with Gasteiger partial charge in [-0.05, 0) is 73.5 Å². The number of aromatic nitrogens is 2. The van der Waals surface area contributed by atoms with Crippen LogP contribution in [0.25, 0.3) is 16.9 Å². The average molecular weight is 408 g/mol. The van der Waals surface area contributed by atoms with Gasteiger partial charge in [0.05, 0.1) is 11.4 Å². The molecule has 0 aliphatic rings. The van der Waals surface area contributed by atoms with Crippen LogP contribution in [-0.4, -0.2) is 15.3 Å². The van der Waals surface area contributed by atoms with Crippen molar-refractivity contribution in [3.05, 3.63) is 89.0 Å². The maximum Gasteiger partial charge on any atom is 0.224 e. The number of nitrogens with zero attached hydrogens (tertiary/aromatic N) is 2. The number of aryl methyl sites for hydroxylation is 2. The molecule has 29 heavy (non-hydrogen) atoms. The standard InChI is InChI=1S/C23H19ClFN3O/c1-15-14-17(24)7-10-19(15)26-22(29)12-11-20-23(16-5-8-18(25)9-6-16)27-21-4-2-3-13-28(20)21/h2-10,13-14H,11-12H2,1H3,(H,26,29). The molecular weight excluding hydrogens is 389 g/mol. The zero-order chi connectivity index (χ0) is 20.4. The van der Waals surface area contributed by atoms with Crippen LogP contribution < -0.4 is 5.32 Å². The van der Waals surface area contributed by atoms with Gasteiger partial charge in [-0.3, -0.25) is 4.79 Å². The Hall–Kier alpha value is -3.18. The fraction of sp³-hybridized carbons (Fsp3) is 0.130. The van der Waals surface area contributed by atoms with E-state index in [0.717, 1.165) is 33.8 Å². The third-order valence-corrected chi connectivity index (χ3v) is 5.03. The third kappa shape index (κ3) is 4.15. The number of hydrogen-bond donors (Lipinski definition) is 1. The lowest BCUT2D eigenvalue weighted by atomic mass is 10.1. The van der Waals surface area contributed by atoms with Gasteiger partial charge in [0.15, 0.2) is 0 Å². The zero-order valence-corrected chi connectivity index (χ0v) is 16.6. The van der Waals surface area contributed by atoms with E-state index in [1.807, 2.05) is 41.8 Å². The number of anilines is 1. The highest BCUT2D eigenvalue weighted by Crippen LogP contribution is 2.26. The molecule has 0 fully saturated rings. The first-order valence-corrected chi connectivity index (χ1v) is 9.67. The molecule has 0 saturated heterocycles. The Balaban J connectivity index is 1.59. The molecule has 4 aromatic rings. The highest BCUT2D eigenvalue weighted by molar-refractivity contribution is 6.30. The molecule has 0 saturated carbocycles. The van der Waals surface area contributed by atoms with E-state index in [-0.39, 0.29) is 11.7 Å². The van der Waals surface area contributed by atoms with Crippen LogP contribution in [0, 0.1) is 12.7 Å². The van der Waals surface area contributed by atoms with E-state index >= 15 is 0 Å². The van der Waals surface area contributed by atoms with Crippen molar-refractivity contribution in [1.29, 1.82) is 0 Å². The third-order valence-electron chi connectivity index (χ3n) is 4.80. The van der Waals surface area contributed by atoms with Gasteiger partial charge in [0.25, 0.3) is 0 Å². The summed E-state index contributed by atoms with van der Waals surface area (Å²) in [6.07, 6.45) is 2.71. The lowest BCUT2D eigenvalue weighted by Gasteiger charge is -2.09. The maximum atomic E-state index is 13.3. The largest absolute Gasteiger partial charge is 0.326 e. The molecule has 4 rings (SSSR count). The number of carbonyl (C=O) groups excluding carboxylic acids is 1. The van der Waals surface area contributed by atoms with Crippen LogP contribution in [0.1, 0.15) is 17.7 Å². The van der Waals surface area contributed by atoms with E-state index in [9.17, 15) is 9.18 Å². The molecule has 6 heteroatoms. The first-order chi connectivity index (χ1) is 14.0. The Labute approximate surface area is 173 Å². The molecule has 0 aliphatic heterocycles. The molecule has 0 unspecified atom stereocenters. The van der Waals surface area contributed by atoms with Gasteiger partial charge in [-0.25, -0.2) is 9.37 Å². The zero-order valence-electron chi connectivity index (χ0n) is 15.8. The smallest absolute Gasteiger partial charge is 0.224 e. The number of rotatable bonds is 5. The summed E-state index contributed by atoms with van der Waals surface area (Å²) in [6, 6.07) is 17.4. The van der Waals surface area contributed by atoms with Crippen LogP contribution in [-0.2, 0) is 11.2 Å². The van der Waals surface area contributed by atoms with Crippen molar-refractivity contribution in [2.24, 2.45) is 0 Å². The highest BCUT2D eigenvalue weighted by atomic mass is 35.5. The molecule has 0 spiro atoms. The van der Waals surface area contributed by atoms with Gasteiger partial charge in [0.2, 0.25) is 5.91 Å². The highest BCUT2D eigenvalue weighted by Gasteiger charge is 2.15. The second-order valence-electron chi connectivity index (χ2n) is 6.85. The van der Waals surface area contributed by atoms with E-state index in [1.54, 1.807) is 24.3 Å². The number of hydrogen-bond acceptors (Lipinski definition) is 2. The number of nitrogens with one attached hydrogen (secondary N) is 1. The van der Waals surface area contributed by atoms with Gasteiger partial charge < -0.3 is 9.72 Å². The van der Waals surface area contributed by atoms with Gasteiger partial charge >= 0.3 is 0 Å². The lowest BCUT2D eigenvalue weighted by molar-refractivity contribution is -0.116. The van der Waals surface area contributed by atoms with Crippen LogP contribution in [0.15, 0.2) is 66.9 Å². The van der Waals surface area contributed by atoms with Crippen molar-refractivity contribution in [3.63, 3.8) is 0 Å². The fourth-order valence-corrected chi connectivity index (χ4v) is 3.56. The molecule has 1 amide bonds. The Kier molecular flexibility index (Phi) is 5.32. The number of amides is 1. The normalized spacial score (nSPS) is 11.0. The molecule has 2 heterocycles. The van der Waals surface area contributed by atoms with Crippen molar-refractivity contribution >= 4 is 28.8 Å². The summed E-state index contributed by atoms with van der Waals surface area (Å²) in [5.74, 6) is -0.386. The Morgan fingerprint density at radius 1 is 1.14 bits per heavy atom. The number of imidazole rings is 1. The summed E-state index contributed by atoms with van der Waals surface area (Å²) in [4.78, 5) is 17.2. The summed E-state index contributed by atoms with van der Waals surface area (Å²) >= 11 is 5.98. The van der Waals surface area contributed by atoms with Crippen LogP contribution in [0.4, 0.5) is 10.1 Å². The average Bonchev–Trinajstić information content (AvgIpc) is 3.08. The van der Waals surface area contributed by atoms with E-state index in [0.29, 0.717) is 17.9 Å². The van der Waals surface area contributed by atoms with Crippen molar-refractivity contribution in [1.82, 2.24) is 9.38 Å². The number of benzene rings is 2. The maximum absolute atomic E-state index is 13.3. The van der Waals surface area contributed by atoms with Crippen LogP contribution in [0.3, 0.4) is 0 Å².